The highest BCUT2D eigenvalue weighted by Crippen LogP contribution is 2.37. The lowest BCUT2D eigenvalue weighted by atomic mass is 10.6. The van der Waals surface area contributed by atoms with Gasteiger partial charge >= 0.3 is 0 Å². The van der Waals surface area contributed by atoms with Gasteiger partial charge in [-0.15, -0.1) is 11.8 Å². The molecule has 0 aromatic carbocycles. The number of hydrogen-bond donors (Lipinski definition) is 0. The van der Waals surface area contributed by atoms with Crippen molar-refractivity contribution in [1.82, 2.24) is 0 Å². The second-order valence-corrected chi connectivity index (χ2v) is 6.22. The SMILES string of the molecule is CC(C)S/C(Cl)=C(/Cl)C(Cl)=C(Cl)Cl. The Kier molecular flexibility index (Phi) is 7.37. The molecule has 0 aromatic heterocycles. The van der Waals surface area contributed by atoms with Crippen molar-refractivity contribution in [2.24, 2.45) is 0 Å². The Morgan fingerprint density at radius 3 is 1.69 bits per heavy atom. The molecule has 0 radical (unpaired) electrons. The summed E-state index contributed by atoms with van der Waals surface area (Å²) in [6, 6.07) is 0. The summed E-state index contributed by atoms with van der Waals surface area (Å²) in [5.41, 5.74) is 0. The van der Waals surface area contributed by atoms with E-state index in [0.29, 0.717) is 9.61 Å². The van der Waals surface area contributed by atoms with Crippen molar-refractivity contribution in [3.05, 3.63) is 18.9 Å². The van der Waals surface area contributed by atoms with E-state index in [0.717, 1.165) is 0 Å². The highest BCUT2D eigenvalue weighted by atomic mass is 35.5. The molecule has 0 spiro atoms. The van der Waals surface area contributed by atoms with Crippen LogP contribution in [0.15, 0.2) is 18.9 Å². The third-order valence-electron chi connectivity index (χ3n) is 0.870. The van der Waals surface area contributed by atoms with E-state index in [-0.39, 0.29) is 14.6 Å². The largest absolute Gasteiger partial charge is 0.127 e. The molecule has 76 valence electrons. The maximum Gasteiger partial charge on any atom is 0.127 e. The van der Waals surface area contributed by atoms with Crippen LogP contribution in [-0.4, -0.2) is 5.25 Å². The van der Waals surface area contributed by atoms with Gasteiger partial charge in [-0.05, 0) is 0 Å². The zero-order valence-corrected chi connectivity index (χ0v) is 11.5. The van der Waals surface area contributed by atoms with Crippen LogP contribution < -0.4 is 0 Å². The Labute approximate surface area is 107 Å². The van der Waals surface area contributed by atoms with Crippen LogP contribution in [0.25, 0.3) is 0 Å². The number of hydrogen-bond acceptors (Lipinski definition) is 1. The fourth-order valence-electron chi connectivity index (χ4n) is 0.428. The summed E-state index contributed by atoms with van der Waals surface area (Å²) in [4.78, 5) is 0. The summed E-state index contributed by atoms with van der Waals surface area (Å²) in [6.07, 6.45) is 0. The van der Waals surface area contributed by atoms with Gasteiger partial charge in [0.1, 0.15) is 4.49 Å². The monoisotopic (exact) mass is 298 g/mol. The molecule has 0 heterocycles. The first-order valence-electron chi connectivity index (χ1n) is 3.29. The van der Waals surface area contributed by atoms with Crippen molar-refractivity contribution in [3.8, 4) is 0 Å². The van der Waals surface area contributed by atoms with Crippen LogP contribution >= 0.6 is 69.8 Å². The fraction of sp³-hybridized carbons (Fsp3) is 0.429. The van der Waals surface area contributed by atoms with Gasteiger partial charge in [-0.2, -0.15) is 0 Å². The molecule has 0 bridgehead atoms. The van der Waals surface area contributed by atoms with Gasteiger partial charge < -0.3 is 0 Å². The molecule has 0 rings (SSSR count). The van der Waals surface area contributed by atoms with Gasteiger partial charge in [-0.3, -0.25) is 0 Å². The zero-order valence-electron chi connectivity index (χ0n) is 6.88. The average Bonchev–Trinajstić information content (AvgIpc) is 2.00. The van der Waals surface area contributed by atoms with Crippen LogP contribution in [0.3, 0.4) is 0 Å². The van der Waals surface area contributed by atoms with Gasteiger partial charge in [0.2, 0.25) is 0 Å². The lowest BCUT2D eigenvalue weighted by Gasteiger charge is -2.05. The summed E-state index contributed by atoms with van der Waals surface area (Å²) in [5.74, 6) is 0. The van der Waals surface area contributed by atoms with E-state index in [2.05, 4.69) is 0 Å². The average molecular weight is 300 g/mol. The van der Waals surface area contributed by atoms with E-state index in [1.165, 1.54) is 11.8 Å². The number of halogens is 5. The molecule has 0 saturated heterocycles. The summed E-state index contributed by atoms with van der Waals surface area (Å²) in [6.45, 7) is 3.97. The first kappa shape index (κ1) is 14.3. The van der Waals surface area contributed by atoms with Crippen LogP contribution in [0.5, 0.6) is 0 Å². The van der Waals surface area contributed by atoms with Crippen LogP contribution in [0.2, 0.25) is 0 Å². The van der Waals surface area contributed by atoms with Gasteiger partial charge in [-0.1, -0.05) is 71.9 Å². The predicted octanol–water partition coefficient (Wildman–Crippen LogP) is 5.66. The van der Waals surface area contributed by atoms with E-state index in [1.807, 2.05) is 13.8 Å². The van der Waals surface area contributed by atoms with Crippen molar-refractivity contribution < 1.29 is 0 Å². The van der Waals surface area contributed by atoms with Gasteiger partial charge in [0, 0.05) is 5.25 Å². The third kappa shape index (κ3) is 5.66. The molecule has 0 atom stereocenters. The van der Waals surface area contributed by atoms with Crippen molar-refractivity contribution >= 4 is 69.8 Å². The van der Waals surface area contributed by atoms with Gasteiger partial charge in [-0.25, -0.2) is 0 Å². The molecular weight excluding hydrogens is 293 g/mol. The Morgan fingerprint density at radius 1 is 0.923 bits per heavy atom. The van der Waals surface area contributed by atoms with Crippen LogP contribution in [0.4, 0.5) is 0 Å². The number of allylic oxidation sites excluding steroid dienone is 2. The smallest absolute Gasteiger partial charge is 0.110 e. The molecule has 0 aliphatic carbocycles. The van der Waals surface area contributed by atoms with Gasteiger partial charge in [0.15, 0.2) is 0 Å². The lowest BCUT2D eigenvalue weighted by Crippen LogP contribution is -1.86. The molecule has 0 aliphatic heterocycles. The normalized spacial score (nSPS) is 12.9. The van der Waals surface area contributed by atoms with E-state index in [1.54, 1.807) is 0 Å². The van der Waals surface area contributed by atoms with E-state index >= 15 is 0 Å². The Balaban J connectivity index is 4.72. The summed E-state index contributed by atoms with van der Waals surface area (Å²) >= 11 is 29.5. The standard InChI is InChI=1S/C7H7Cl5S/c1-3(2)13-7(12)5(9)4(8)6(10)11/h3H,1-2H3/b7-5+. The second kappa shape index (κ2) is 6.71. The highest BCUT2D eigenvalue weighted by Gasteiger charge is 2.11. The minimum Gasteiger partial charge on any atom is -0.110 e. The van der Waals surface area contributed by atoms with Crippen LogP contribution in [0, 0.1) is 0 Å². The van der Waals surface area contributed by atoms with E-state index in [4.69, 9.17) is 58.0 Å². The number of rotatable bonds is 3. The highest BCUT2D eigenvalue weighted by molar-refractivity contribution is 8.05. The third-order valence-corrected chi connectivity index (χ3v) is 3.84. The van der Waals surface area contributed by atoms with Gasteiger partial charge in [0.25, 0.3) is 0 Å². The van der Waals surface area contributed by atoms with Crippen molar-refractivity contribution in [1.29, 1.82) is 0 Å². The molecule has 0 fully saturated rings. The van der Waals surface area contributed by atoms with Gasteiger partial charge in [0.05, 0.1) is 14.4 Å². The summed E-state index contributed by atoms with van der Waals surface area (Å²) in [7, 11) is 0. The minimum absolute atomic E-state index is 0.0724. The van der Waals surface area contributed by atoms with Crippen molar-refractivity contribution in [2.75, 3.05) is 0 Å². The Morgan fingerprint density at radius 2 is 1.38 bits per heavy atom. The molecule has 0 nitrogen and oxygen atoms in total. The molecule has 0 aliphatic rings. The first-order chi connectivity index (χ1) is 5.86. The molecule has 0 N–H and O–H groups in total. The summed E-state index contributed by atoms with van der Waals surface area (Å²) < 4.78 is 0.301. The zero-order chi connectivity index (χ0) is 10.6. The molecule has 13 heavy (non-hydrogen) atoms. The molecule has 0 unspecified atom stereocenters. The van der Waals surface area contributed by atoms with Crippen LogP contribution in [0.1, 0.15) is 13.8 Å². The van der Waals surface area contributed by atoms with Crippen LogP contribution in [-0.2, 0) is 0 Å². The second-order valence-electron chi connectivity index (χ2n) is 2.33. The predicted molar refractivity (Wildman–Crippen MR) is 66.0 cm³/mol. The lowest BCUT2D eigenvalue weighted by molar-refractivity contribution is 1.12. The molecule has 0 amide bonds. The minimum atomic E-state index is -0.0887. The molecule has 6 heteroatoms. The Bertz CT molecular complexity index is 239. The maximum absolute atomic E-state index is 5.84. The molecule has 0 saturated carbocycles. The Hall–Kier alpha value is 1.28. The van der Waals surface area contributed by atoms with E-state index < -0.39 is 0 Å². The topological polar surface area (TPSA) is 0 Å². The fourth-order valence-corrected chi connectivity index (χ4v) is 2.39. The molecular formula is C7H7Cl5S. The van der Waals surface area contributed by atoms with Crippen molar-refractivity contribution in [3.63, 3.8) is 0 Å². The number of thioether (sulfide) groups is 1. The molecule has 0 aromatic rings. The quantitative estimate of drug-likeness (QED) is 0.606. The van der Waals surface area contributed by atoms with Crippen molar-refractivity contribution in [2.45, 2.75) is 19.1 Å². The first-order valence-corrected chi connectivity index (χ1v) is 6.06. The van der Waals surface area contributed by atoms with E-state index in [9.17, 15) is 0 Å². The maximum atomic E-state index is 5.84. The summed E-state index contributed by atoms with van der Waals surface area (Å²) in [5, 5.41) is 0.574.